The molecule has 1 heterocycles. The summed E-state index contributed by atoms with van der Waals surface area (Å²) in [6.45, 7) is 2.71. The van der Waals surface area contributed by atoms with E-state index in [0.29, 0.717) is 11.2 Å². The lowest BCUT2D eigenvalue weighted by Gasteiger charge is -2.56. The number of aryl methyl sites for hydroxylation is 1. The highest BCUT2D eigenvalue weighted by Gasteiger charge is 2.50. The van der Waals surface area contributed by atoms with Crippen LogP contribution in [0.5, 0.6) is 0 Å². The van der Waals surface area contributed by atoms with Crippen molar-refractivity contribution in [2.24, 2.45) is 23.2 Å². The predicted molar refractivity (Wildman–Crippen MR) is 76.4 cm³/mol. The van der Waals surface area contributed by atoms with Gasteiger partial charge in [-0.1, -0.05) is 0 Å². The molecule has 0 spiro atoms. The Hall–Kier alpha value is -1.25. The van der Waals surface area contributed by atoms with Gasteiger partial charge in [-0.05, 0) is 80.8 Å². The molecule has 4 aliphatic carbocycles. The summed E-state index contributed by atoms with van der Waals surface area (Å²) in [5.41, 5.74) is 0.395. The first-order chi connectivity index (χ1) is 9.62. The highest BCUT2D eigenvalue weighted by molar-refractivity contribution is 5.91. The zero-order valence-electron chi connectivity index (χ0n) is 12.2. The molecule has 5 rings (SSSR count). The second-order valence-corrected chi connectivity index (χ2v) is 7.51. The Labute approximate surface area is 120 Å². The number of furan rings is 1. The quantitative estimate of drug-likeness (QED) is 0.915. The smallest absolute Gasteiger partial charge is 0.287 e. The van der Waals surface area contributed by atoms with Crippen LogP contribution >= 0.6 is 0 Å². The van der Waals surface area contributed by atoms with Gasteiger partial charge in [0.1, 0.15) is 5.76 Å². The molecule has 4 saturated carbocycles. The van der Waals surface area contributed by atoms with E-state index in [2.05, 4.69) is 5.32 Å². The molecule has 4 bridgehead atoms. The van der Waals surface area contributed by atoms with Crippen LogP contribution in [-0.4, -0.2) is 12.5 Å². The molecule has 0 unspecified atom stereocenters. The van der Waals surface area contributed by atoms with Crippen LogP contribution in [0.4, 0.5) is 0 Å². The Morgan fingerprint density at radius 1 is 1.20 bits per heavy atom. The molecule has 0 aliphatic heterocycles. The van der Waals surface area contributed by atoms with E-state index in [1.807, 2.05) is 13.0 Å². The topological polar surface area (TPSA) is 42.2 Å². The minimum atomic E-state index is -0.0474. The number of hydrogen-bond donors (Lipinski definition) is 1. The fourth-order valence-electron chi connectivity index (χ4n) is 5.42. The van der Waals surface area contributed by atoms with E-state index < -0.39 is 0 Å². The molecule has 20 heavy (non-hydrogen) atoms. The molecular weight excluding hydrogens is 250 g/mol. The zero-order chi connectivity index (χ0) is 13.7. The van der Waals surface area contributed by atoms with Crippen LogP contribution < -0.4 is 5.32 Å². The number of carbonyl (C=O) groups is 1. The molecule has 1 N–H and O–H groups in total. The maximum absolute atomic E-state index is 12.1. The maximum atomic E-state index is 12.1. The number of hydrogen-bond acceptors (Lipinski definition) is 2. The Balaban J connectivity index is 1.43. The third-order valence-corrected chi connectivity index (χ3v) is 5.75. The van der Waals surface area contributed by atoms with Crippen LogP contribution in [0.3, 0.4) is 0 Å². The molecule has 1 aromatic heterocycles. The van der Waals surface area contributed by atoms with Gasteiger partial charge in [-0.25, -0.2) is 0 Å². The van der Waals surface area contributed by atoms with Crippen molar-refractivity contribution in [3.63, 3.8) is 0 Å². The second-order valence-electron chi connectivity index (χ2n) is 7.51. The number of amides is 1. The summed E-state index contributed by atoms with van der Waals surface area (Å²) in [6.07, 6.45) is 8.34. The van der Waals surface area contributed by atoms with Gasteiger partial charge in [-0.15, -0.1) is 0 Å². The first kappa shape index (κ1) is 12.5. The molecule has 1 aromatic rings. The van der Waals surface area contributed by atoms with Crippen molar-refractivity contribution in [2.75, 3.05) is 6.54 Å². The van der Waals surface area contributed by atoms with E-state index in [-0.39, 0.29) is 5.91 Å². The van der Waals surface area contributed by atoms with Gasteiger partial charge in [-0.3, -0.25) is 4.79 Å². The molecule has 3 heteroatoms. The van der Waals surface area contributed by atoms with Crippen molar-refractivity contribution in [1.29, 1.82) is 0 Å². The molecule has 4 fully saturated rings. The van der Waals surface area contributed by atoms with E-state index in [1.54, 1.807) is 6.07 Å². The summed E-state index contributed by atoms with van der Waals surface area (Å²) in [7, 11) is 0. The average Bonchev–Trinajstić information content (AvgIpc) is 2.81. The lowest BCUT2D eigenvalue weighted by Crippen LogP contribution is -2.51. The normalized spacial score (nSPS) is 38.1. The van der Waals surface area contributed by atoms with Crippen LogP contribution in [0.15, 0.2) is 16.5 Å². The first-order valence-electron chi connectivity index (χ1n) is 7.97. The fourth-order valence-corrected chi connectivity index (χ4v) is 5.42. The maximum Gasteiger partial charge on any atom is 0.287 e. The lowest BCUT2D eigenvalue weighted by atomic mass is 9.49. The summed E-state index contributed by atoms with van der Waals surface area (Å²) in [6, 6.07) is 3.62. The molecule has 0 saturated heterocycles. The van der Waals surface area contributed by atoms with Crippen molar-refractivity contribution in [3.8, 4) is 0 Å². The number of rotatable bonds is 3. The summed E-state index contributed by atoms with van der Waals surface area (Å²) >= 11 is 0. The Bertz CT molecular complexity index is 496. The van der Waals surface area contributed by atoms with E-state index in [4.69, 9.17) is 4.42 Å². The highest BCUT2D eigenvalue weighted by Crippen LogP contribution is 2.59. The first-order valence-corrected chi connectivity index (χ1v) is 7.97. The van der Waals surface area contributed by atoms with Gasteiger partial charge >= 0.3 is 0 Å². The van der Waals surface area contributed by atoms with Crippen molar-refractivity contribution >= 4 is 5.91 Å². The van der Waals surface area contributed by atoms with Gasteiger partial charge in [0.05, 0.1) is 0 Å². The van der Waals surface area contributed by atoms with E-state index in [9.17, 15) is 4.79 Å². The van der Waals surface area contributed by atoms with Gasteiger partial charge in [0.25, 0.3) is 5.91 Å². The molecule has 0 radical (unpaired) electrons. The predicted octanol–water partition coefficient (Wildman–Crippen LogP) is 3.53. The van der Waals surface area contributed by atoms with Crippen LogP contribution in [0.25, 0.3) is 0 Å². The molecule has 108 valence electrons. The van der Waals surface area contributed by atoms with Crippen LogP contribution in [0.1, 0.15) is 54.8 Å². The van der Waals surface area contributed by atoms with Crippen LogP contribution in [-0.2, 0) is 0 Å². The third-order valence-electron chi connectivity index (χ3n) is 5.75. The monoisotopic (exact) mass is 273 g/mol. The fraction of sp³-hybridized carbons (Fsp3) is 0.706. The summed E-state index contributed by atoms with van der Waals surface area (Å²) in [5, 5.41) is 3.14. The minimum absolute atomic E-state index is 0.0474. The molecule has 0 aromatic carbocycles. The highest BCUT2D eigenvalue weighted by atomic mass is 16.3. The second kappa shape index (κ2) is 4.37. The minimum Gasteiger partial charge on any atom is -0.456 e. The number of carbonyl (C=O) groups excluding carboxylic acids is 1. The van der Waals surface area contributed by atoms with E-state index in [0.717, 1.165) is 30.1 Å². The van der Waals surface area contributed by atoms with Crippen molar-refractivity contribution in [1.82, 2.24) is 5.32 Å². The Kier molecular flexibility index (Phi) is 2.73. The van der Waals surface area contributed by atoms with Gasteiger partial charge in [-0.2, -0.15) is 0 Å². The molecular formula is C17H23NO2. The van der Waals surface area contributed by atoms with Gasteiger partial charge in [0.15, 0.2) is 5.76 Å². The van der Waals surface area contributed by atoms with Gasteiger partial charge in [0.2, 0.25) is 0 Å². The molecule has 0 atom stereocenters. The van der Waals surface area contributed by atoms with Crippen molar-refractivity contribution in [3.05, 3.63) is 23.7 Å². The largest absolute Gasteiger partial charge is 0.456 e. The summed E-state index contributed by atoms with van der Waals surface area (Å²) < 4.78 is 5.40. The standard InChI is InChI=1S/C17H23NO2/c1-11-2-3-15(20-11)16(19)18-10-17-7-12-4-13(8-17)6-14(5-12)9-17/h2-3,12-14H,4-10H2,1H3,(H,18,19). The summed E-state index contributed by atoms with van der Waals surface area (Å²) in [4.78, 5) is 12.1. The zero-order valence-corrected chi connectivity index (χ0v) is 12.2. The van der Waals surface area contributed by atoms with Gasteiger partial charge in [0, 0.05) is 6.54 Å². The number of nitrogens with one attached hydrogen (secondary N) is 1. The van der Waals surface area contributed by atoms with Gasteiger partial charge < -0.3 is 9.73 Å². The molecule has 1 amide bonds. The van der Waals surface area contributed by atoms with Crippen LogP contribution in [0.2, 0.25) is 0 Å². The molecule has 4 aliphatic rings. The van der Waals surface area contributed by atoms with Crippen molar-refractivity contribution < 1.29 is 9.21 Å². The molecule has 3 nitrogen and oxygen atoms in total. The Morgan fingerprint density at radius 3 is 2.30 bits per heavy atom. The van der Waals surface area contributed by atoms with E-state index >= 15 is 0 Å². The van der Waals surface area contributed by atoms with Crippen LogP contribution in [0, 0.1) is 30.1 Å². The SMILES string of the molecule is Cc1ccc(C(=O)NCC23CC4CC(CC(C4)C2)C3)o1. The summed E-state index contributed by atoms with van der Waals surface area (Å²) in [5.74, 6) is 4.00. The lowest BCUT2D eigenvalue weighted by molar-refractivity contribution is -0.0504. The van der Waals surface area contributed by atoms with Crippen molar-refractivity contribution in [2.45, 2.75) is 45.4 Å². The van der Waals surface area contributed by atoms with E-state index in [1.165, 1.54) is 38.5 Å². The Morgan fingerprint density at radius 2 is 1.80 bits per heavy atom. The average molecular weight is 273 g/mol. The third kappa shape index (κ3) is 2.07.